The molecule has 0 aliphatic rings. The van der Waals surface area contributed by atoms with Crippen LogP contribution in [0, 0.1) is 12.7 Å². The monoisotopic (exact) mass is 276 g/mol. The van der Waals surface area contributed by atoms with E-state index in [9.17, 15) is 9.18 Å². The quantitative estimate of drug-likeness (QED) is 0.899. The summed E-state index contributed by atoms with van der Waals surface area (Å²) >= 11 is 0. The van der Waals surface area contributed by atoms with Crippen LogP contribution in [-0.4, -0.2) is 22.4 Å². The first-order valence-corrected chi connectivity index (χ1v) is 6.35. The summed E-state index contributed by atoms with van der Waals surface area (Å²) in [5.41, 5.74) is 1.54. The molecule has 0 aliphatic heterocycles. The molecule has 0 atom stereocenters. The minimum absolute atomic E-state index is 0.255. The summed E-state index contributed by atoms with van der Waals surface area (Å²) in [6.07, 6.45) is 0.446. The number of carbonyl (C=O) groups excluding carboxylic acids is 1. The Morgan fingerprint density at radius 1 is 1.40 bits per heavy atom. The van der Waals surface area contributed by atoms with E-state index in [2.05, 4.69) is 15.7 Å². The number of amides is 2. The van der Waals surface area contributed by atoms with Crippen LogP contribution in [0.3, 0.4) is 0 Å². The smallest absolute Gasteiger partial charge is 0.320 e. The fraction of sp³-hybridized carbons (Fsp3) is 0.286. The zero-order chi connectivity index (χ0) is 14.5. The number of anilines is 1. The molecule has 106 valence electrons. The standard InChI is InChI=1S/C14H17FN4O/c1-10-9-13(18-19(10)2)17-14(20)16-8-7-11-5-3-4-6-12(11)15/h3-6,9H,7-8H2,1-2H3,(H2,16,17,18,20). The maximum absolute atomic E-state index is 13.4. The highest BCUT2D eigenvalue weighted by molar-refractivity contribution is 5.88. The van der Waals surface area contributed by atoms with E-state index in [1.54, 1.807) is 36.0 Å². The molecule has 2 rings (SSSR count). The summed E-state index contributed by atoms with van der Waals surface area (Å²) in [5.74, 6) is 0.239. The Morgan fingerprint density at radius 2 is 2.15 bits per heavy atom. The molecule has 2 amide bonds. The van der Waals surface area contributed by atoms with E-state index >= 15 is 0 Å². The van der Waals surface area contributed by atoms with Gasteiger partial charge in [-0.3, -0.25) is 10.00 Å². The minimum Gasteiger partial charge on any atom is -0.337 e. The number of nitrogens with zero attached hydrogens (tertiary/aromatic N) is 2. The number of halogens is 1. The second kappa shape index (κ2) is 6.18. The Hall–Kier alpha value is -2.37. The number of aromatic nitrogens is 2. The third kappa shape index (κ3) is 3.57. The number of benzene rings is 1. The first kappa shape index (κ1) is 14.0. The summed E-state index contributed by atoms with van der Waals surface area (Å²) in [7, 11) is 1.80. The number of hydrogen-bond acceptors (Lipinski definition) is 2. The fourth-order valence-electron chi connectivity index (χ4n) is 1.79. The van der Waals surface area contributed by atoms with E-state index in [4.69, 9.17) is 0 Å². The highest BCUT2D eigenvalue weighted by Gasteiger charge is 2.06. The summed E-state index contributed by atoms with van der Waals surface area (Å²) in [6, 6.07) is 7.95. The maximum Gasteiger partial charge on any atom is 0.320 e. The molecule has 6 heteroatoms. The van der Waals surface area contributed by atoms with Crippen molar-refractivity contribution in [3.8, 4) is 0 Å². The Kier molecular flexibility index (Phi) is 4.34. The van der Waals surface area contributed by atoms with E-state index in [-0.39, 0.29) is 11.8 Å². The average Bonchev–Trinajstić information content (AvgIpc) is 2.70. The largest absolute Gasteiger partial charge is 0.337 e. The van der Waals surface area contributed by atoms with Gasteiger partial charge in [0.25, 0.3) is 0 Å². The number of hydrogen-bond donors (Lipinski definition) is 2. The van der Waals surface area contributed by atoms with Gasteiger partial charge in [-0.05, 0) is 25.0 Å². The molecule has 0 radical (unpaired) electrons. The van der Waals surface area contributed by atoms with Crippen molar-refractivity contribution in [1.82, 2.24) is 15.1 Å². The van der Waals surface area contributed by atoms with Crippen molar-refractivity contribution in [3.05, 3.63) is 47.4 Å². The van der Waals surface area contributed by atoms with E-state index < -0.39 is 0 Å². The molecule has 0 spiro atoms. The molecule has 0 unspecified atom stereocenters. The minimum atomic E-state index is -0.348. The molecule has 1 heterocycles. The van der Waals surface area contributed by atoms with Crippen molar-refractivity contribution in [1.29, 1.82) is 0 Å². The Labute approximate surface area is 116 Å². The third-order valence-electron chi connectivity index (χ3n) is 2.99. The molecule has 0 saturated heterocycles. The molecule has 1 aromatic carbocycles. The van der Waals surface area contributed by atoms with Gasteiger partial charge >= 0.3 is 6.03 Å². The van der Waals surface area contributed by atoms with Gasteiger partial charge in [0.05, 0.1) is 0 Å². The molecule has 0 fully saturated rings. The van der Waals surface area contributed by atoms with Crippen LogP contribution >= 0.6 is 0 Å². The van der Waals surface area contributed by atoms with Crippen LogP contribution in [0.5, 0.6) is 0 Å². The fourth-order valence-corrected chi connectivity index (χ4v) is 1.79. The first-order valence-electron chi connectivity index (χ1n) is 6.35. The van der Waals surface area contributed by atoms with Gasteiger partial charge in [0.1, 0.15) is 5.82 Å². The Bertz CT molecular complexity index is 589. The van der Waals surface area contributed by atoms with Crippen LogP contribution in [-0.2, 0) is 13.5 Å². The number of aryl methyl sites for hydroxylation is 2. The number of rotatable bonds is 4. The maximum atomic E-state index is 13.4. The van der Waals surface area contributed by atoms with Crippen molar-refractivity contribution < 1.29 is 9.18 Å². The molecule has 20 heavy (non-hydrogen) atoms. The third-order valence-corrected chi connectivity index (χ3v) is 2.99. The SMILES string of the molecule is Cc1cc(NC(=O)NCCc2ccccc2F)nn1C. The second-order valence-corrected chi connectivity index (χ2v) is 4.52. The highest BCUT2D eigenvalue weighted by atomic mass is 19.1. The van der Waals surface area contributed by atoms with E-state index in [1.165, 1.54) is 6.07 Å². The van der Waals surface area contributed by atoms with Gasteiger partial charge in [0.2, 0.25) is 0 Å². The Morgan fingerprint density at radius 3 is 2.80 bits per heavy atom. The van der Waals surface area contributed by atoms with E-state index in [0.29, 0.717) is 24.3 Å². The Balaban J connectivity index is 1.80. The number of carbonyl (C=O) groups is 1. The van der Waals surface area contributed by atoms with Crippen molar-refractivity contribution in [3.63, 3.8) is 0 Å². The zero-order valence-corrected chi connectivity index (χ0v) is 11.5. The lowest BCUT2D eigenvalue weighted by atomic mass is 10.1. The summed E-state index contributed by atoms with van der Waals surface area (Å²) < 4.78 is 15.0. The zero-order valence-electron chi connectivity index (χ0n) is 11.5. The predicted molar refractivity (Wildman–Crippen MR) is 75.1 cm³/mol. The molecular weight excluding hydrogens is 259 g/mol. The second-order valence-electron chi connectivity index (χ2n) is 4.52. The topological polar surface area (TPSA) is 59.0 Å². The lowest BCUT2D eigenvalue weighted by molar-refractivity contribution is 0.252. The van der Waals surface area contributed by atoms with Gasteiger partial charge in [0.15, 0.2) is 5.82 Å². The van der Waals surface area contributed by atoms with Crippen LogP contribution in [0.2, 0.25) is 0 Å². The first-order chi connectivity index (χ1) is 9.56. The lowest BCUT2D eigenvalue weighted by Crippen LogP contribution is -2.30. The summed E-state index contributed by atoms with van der Waals surface area (Å²) in [4.78, 5) is 11.6. The van der Waals surface area contributed by atoms with Gasteiger partial charge in [-0.15, -0.1) is 0 Å². The van der Waals surface area contributed by atoms with Gasteiger partial charge < -0.3 is 5.32 Å². The average molecular weight is 276 g/mol. The van der Waals surface area contributed by atoms with Crippen molar-refractivity contribution in [2.24, 2.45) is 7.05 Å². The van der Waals surface area contributed by atoms with Crippen molar-refractivity contribution >= 4 is 11.8 Å². The van der Waals surface area contributed by atoms with Crippen LogP contribution in [0.25, 0.3) is 0 Å². The van der Waals surface area contributed by atoms with Crippen LogP contribution in [0.15, 0.2) is 30.3 Å². The molecule has 0 aliphatic carbocycles. The summed E-state index contributed by atoms with van der Waals surface area (Å²) in [6.45, 7) is 2.26. The van der Waals surface area contributed by atoms with E-state index in [0.717, 1.165) is 5.69 Å². The lowest BCUT2D eigenvalue weighted by Gasteiger charge is -2.06. The van der Waals surface area contributed by atoms with Crippen LogP contribution in [0.1, 0.15) is 11.3 Å². The van der Waals surface area contributed by atoms with E-state index in [1.807, 2.05) is 6.92 Å². The molecule has 2 N–H and O–H groups in total. The molecule has 0 saturated carbocycles. The highest BCUT2D eigenvalue weighted by Crippen LogP contribution is 2.07. The van der Waals surface area contributed by atoms with Crippen LogP contribution < -0.4 is 10.6 Å². The number of urea groups is 1. The predicted octanol–water partition coefficient (Wildman–Crippen LogP) is 2.23. The summed E-state index contributed by atoms with van der Waals surface area (Å²) in [5, 5.41) is 9.41. The van der Waals surface area contributed by atoms with Crippen molar-refractivity contribution in [2.45, 2.75) is 13.3 Å². The normalized spacial score (nSPS) is 10.3. The molecule has 1 aromatic heterocycles. The van der Waals surface area contributed by atoms with Gasteiger partial charge in [0, 0.05) is 25.4 Å². The molecule has 5 nitrogen and oxygen atoms in total. The van der Waals surface area contributed by atoms with Gasteiger partial charge in [-0.1, -0.05) is 18.2 Å². The van der Waals surface area contributed by atoms with Gasteiger partial charge in [-0.25, -0.2) is 9.18 Å². The number of nitrogens with one attached hydrogen (secondary N) is 2. The molecular formula is C14H17FN4O. The van der Waals surface area contributed by atoms with Crippen molar-refractivity contribution in [2.75, 3.05) is 11.9 Å². The van der Waals surface area contributed by atoms with Crippen LogP contribution in [0.4, 0.5) is 15.0 Å². The molecule has 2 aromatic rings. The van der Waals surface area contributed by atoms with Gasteiger partial charge in [-0.2, -0.15) is 5.10 Å². The molecule has 0 bridgehead atoms.